The van der Waals surface area contributed by atoms with Crippen LogP contribution < -0.4 is 4.72 Å². The highest BCUT2D eigenvalue weighted by molar-refractivity contribution is 9.10. The number of thiazole rings is 1. The number of nitrogens with zero attached hydrogens (tertiary/aromatic N) is 3. The van der Waals surface area contributed by atoms with Crippen molar-refractivity contribution in [3.63, 3.8) is 0 Å². The lowest BCUT2D eigenvalue weighted by molar-refractivity contribution is 0.596. The predicted octanol–water partition coefficient (Wildman–Crippen LogP) is 3.01. The molecule has 6 nitrogen and oxygen atoms in total. The van der Waals surface area contributed by atoms with E-state index in [1.165, 1.54) is 15.7 Å². The van der Waals surface area contributed by atoms with Crippen LogP contribution in [0.2, 0.25) is 5.15 Å². The van der Waals surface area contributed by atoms with Crippen molar-refractivity contribution >= 4 is 59.5 Å². The Hall–Kier alpha value is -1.16. The lowest BCUT2D eigenvalue weighted by Gasteiger charge is -2.08. The maximum Gasteiger partial charge on any atom is 0.281 e. The maximum absolute atomic E-state index is 12.4. The zero-order valence-corrected chi connectivity index (χ0v) is 13.6. The standard InChI is InChI=1S/C10H6BrClN4O2S2/c11-7-6(2-1-3-13-7)15-20(17,18)9-8(12)14-10-16(9)4-5-19-10/h1-5,15H. The van der Waals surface area contributed by atoms with E-state index in [2.05, 4.69) is 30.6 Å². The lowest BCUT2D eigenvalue weighted by atomic mass is 10.4. The molecule has 1 N–H and O–H groups in total. The fourth-order valence-electron chi connectivity index (χ4n) is 1.63. The van der Waals surface area contributed by atoms with Gasteiger partial charge in [0.15, 0.2) is 15.1 Å². The first-order valence-electron chi connectivity index (χ1n) is 5.23. The summed E-state index contributed by atoms with van der Waals surface area (Å²) in [5.74, 6) is 0. The van der Waals surface area contributed by atoms with Crippen LogP contribution in [0.5, 0.6) is 0 Å². The van der Waals surface area contributed by atoms with Gasteiger partial charge in [0.2, 0.25) is 0 Å². The van der Waals surface area contributed by atoms with Crippen LogP contribution in [-0.2, 0) is 10.0 Å². The summed E-state index contributed by atoms with van der Waals surface area (Å²) in [6.07, 6.45) is 3.15. The van der Waals surface area contributed by atoms with Gasteiger partial charge in [-0.15, -0.1) is 11.3 Å². The average molecular weight is 394 g/mol. The van der Waals surface area contributed by atoms with Gasteiger partial charge in [-0.3, -0.25) is 9.12 Å². The van der Waals surface area contributed by atoms with E-state index in [0.29, 0.717) is 15.3 Å². The summed E-state index contributed by atoms with van der Waals surface area (Å²) in [5.41, 5.74) is 0.328. The van der Waals surface area contributed by atoms with Crippen molar-refractivity contribution in [3.05, 3.63) is 39.7 Å². The summed E-state index contributed by atoms with van der Waals surface area (Å²) in [6, 6.07) is 3.22. The van der Waals surface area contributed by atoms with Crippen molar-refractivity contribution in [1.29, 1.82) is 0 Å². The molecule has 0 aliphatic rings. The summed E-state index contributed by atoms with van der Waals surface area (Å²) in [7, 11) is -3.86. The highest BCUT2D eigenvalue weighted by Gasteiger charge is 2.25. The first-order valence-corrected chi connectivity index (χ1v) is 8.77. The van der Waals surface area contributed by atoms with Crippen molar-refractivity contribution < 1.29 is 8.42 Å². The zero-order chi connectivity index (χ0) is 14.3. The molecule has 0 spiro atoms. The molecule has 0 saturated heterocycles. The molecule has 3 aromatic rings. The molecule has 0 unspecified atom stereocenters. The second-order valence-corrected chi connectivity index (χ2v) is 7.29. The molecular formula is C10H6BrClN4O2S2. The second-order valence-electron chi connectivity index (χ2n) is 3.71. The van der Waals surface area contributed by atoms with Crippen LogP contribution in [0.15, 0.2) is 39.5 Å². The second kappa shape index (κ2) is 4.99. The van der Waals surface area contributed by atoms with E-state index in [0.717, 1.165) is 0 Å². The number of imidazole rings is 1. The van der Waals surface area contributed by atoms with Gasteiger partial charge in [0.25, 0.3) is 10.0 Å². The number of hydrogen-bond donors (Lipinski definition) is 1. The molecule has 0 radical (unpaired) electrons. The minimum Gasteiger partial charge on any atom is -0.278 e. The molecule has 0 aliphatic heterocycles. The van der Waals surface area contributed by atoms with Crippen LogP contribution in [0.1, 0.15) is 0 Å². The van der Waals surface area contributed by atoms with E-state index in [4.69, 9.17) is 11.6 Å². The van der Waals surface area contributed by atoms with Gasteiger partial charge in [0.05, 0.1) is 5.69 Å². The van der Waals surface area contributed by atoms with Gasteiger partial charge < -0.3 is 0 Å². The van der Waals surface area contributed by atoms with E-state index >= 15 is 0 Å². The highest BCUT2D eigenvalue weighted by Crippen LogP contribution is 2.28. The zero-order valence-electron chi connectivity index (χ0n) is 9.62. The van der Waals surface area contributed by atoms with Crippen LogP contribution in [0, 0.1) is 0 Å². The van der Waals surface area contributed by atoms with Crippen LogP contribution in [0.4, 0.5) is 5.69 Å². The monoisotopic (exact) mass is 392 g/mol. The van der Waals surface area contributed by atoms with Gasteiger partial charge in [0, 0.05) is 17.8 Å². The van der Waals surface area contributed by atoms with Gasteiger partial charge in [0.1, 0.15) is 4.60 Å². The molecular weight excluding hydrogens is 388 g/mol. The smallest absolute Gasteiger partial charge is 0.278 e. The van der Waals surface area contributed by atoms with Crippen molar-refractivity contribution in [1.82, 2.24) is 14.4 Å². The predicted molar refractivity (Wildman–Crippen MR) is 80.8 cm³/mol. The number of halogens is 2. The van der Waals surface area contributed by atoms with E-state index in [1.807, 2.05) is 0 Å². The van der Waals surface area contributed by atoms with Crippen LogP contribution in [-0.4, -0.2) is 22.8 Å². The molecule has 0 saturated carbocycles. The fraction of sp³-hybridized carbons (Fsp3) is 0. The first kappa shape index (κ1) is 13.8. The molecule has 0 aromatic carbocycles. The molecule has 0 aliphatic carbocycles. The molecule has 3 heterocycles. The minimum atomic E-state index is -3.86. The Bertz CT molecular complexity index is 890. The number of nitrogens with one attached hydrogen (secondary N) is 1. The molecule has 20 heavy (non-hydrogen) atoms. The third kappa shape index (κ3) is 2.30. The molecule has 104 valence electrons. The third-order valence-electron chi connectivity index (χ3n) is 2.44. The SMILES string of the molecule is O=S(=O)(Nc1cccnc1Br)c1c(Cl)nc2sccn12. The van der Waals surface area contributed by atoms with Crippen molar-refractivity contribution in [3.8, 4) is 0 Å². The Morgan fingerprint density at radius 1 is 1.45 bits per heavy atom. The molecule has 0 bridgehead atoms. The number of fused-ring (bicyclic) bond motifs is 1. The average Bonchev–Trinajstić information content (AvgIpc) is 2.91. The van der Waals surface area contributed by atoms with Crippen molar-refractivity contribution in [2.45, 2.75) is 5.03 Å². The van der Waals surface area contributed by atoms with E-state index in [1.54, 1.807) is 29.9 Å². The van der Waals surface area contributed by atoms with Crippen LogP contribution in [0.3, 0.4) is 0 Å². The summed E-state index contributed by atoms with van der Waals surface area (Å²) in [4.78, 5) is 8.47. The summed E-state index contributed by atoms with van der Waals surface area (Å²) in [5, 5.41) is 1.58. The van der Waals surface area contributed by atoms with Gasteiger partial charge in [-0.1, -0.05) is 11.6 Å². The molecule has 10 heteroatoms. The van der Waals surface area contributed by atoms with Gasteiger partial charge >= 0.3 is 0 Å². The number of aromatic nitrogens is 3. The maximum atomic E-state index is 12.4. The van der Waals surface area contributed by atoms with Crippen molar-refractivity contribution in [2.75, 3.05) is 4.72 Å². The number of anilines is 1. The topological polar surface area (TPSA) is 76.4 Å². The molecule has 0 atom stereocenters. The van der Waals surface area contributed by atoms with E-state index in [-0.39, 0.29) is 10.2 Å². The number of rotatable bonds is 3. The molecule has 3 rings (SSSR count). The third-order valence-corrected chi connectivity index (χ3v) is 5.59. The number of pyridine rings is 1. The van der Waals surface area contributed by atoms with Crippen molar-refractivity contribution in [2.24, 2.45) is 0 Å². The minimum absolute atomic E-state index is 0.0654. The van der Waals surface area contributed by atoms with Crippen LogP contribution >= 0.6 is 38.9 Å². The Morgan fingerprint density at radius 2 is 2.25 bits per heavy atom. The Labute approximate surface area is 131 Å². The highest BCUT2D eigenvalue weighted by atomic mass is 79.9. The van der Waals surface area contributed by atoms with Crippen LogP contribution in [0.25, 0.3) is 4.96 Å². The van der Waals surface area contributed by atoms with Gasteiger partial charge in [-0.05, 0) is 28.1 Å². The molecule has 0 amide bonds. The first-order chi connectivity index (χ1) is 9.49. The van der Waals surface area contributed by atoms with E-state index in [9.17, 15) is 8.42 Å². The Balaban J connectivity index is 2.11. The number of hydrogen-bond acceptors (Lipinski definition) is 5. The number of sulfonamides is 1. The lowest BCUT2D eigenvalue weighted by Crippen LogP contribution is -2.15. The largest absolute Gasteiger partial charge is 0.281 e. The van der Waals surface area contributed by atoms with Gasteiger partial charge in [-0.25, -0.2) is 9.97 Å². The quantitative estimate of drug-likeness (QED) is 0.694. The van der Waals surface area contributed by atoms with E-state index < -0.39 is 10.0 Å². The summed E-state index contributed by atoms with van der Waals surface area (Å²) < 4.78 is 29.2. The Kier molecular flexibility index (Phi) is 3.44. The molecule has 0 fully saturated rings. The Morgan fingerprint density at radius 3 is 3.00 bits per heavy atom. The fourth-order valence-corrected chi connectivity index (χ4v) is 4.64. The normalized spacial score (nSPS) is 11.9. The summed E-state index contributed by atoms with van der Waals surface area (Å²) in [6.45, 7) is 0. The summed E-state index contributed by atoms with van der Waals surface area (Å²) >= 11 is 10.4. The molecule has 3 aromatic heterocycles. The van der Waals surface area contributed by atoms with Gasteiger partial charge in [-0.2, -0.15) is 8.42 Å².